The SMILES string of the molecule is Nc1nc(CN2CCN3C(=O)CCC3C2)nc2sccc12. The van der Waals surface area contributed by atoms with Crippen molar-refractivity contribution < 1.29 is 4.79 Å². The van der Waals surface area contributed by atoms with E-state index in [2.05, 4.69) is 14.9 Å². The summed E-state index contributed by atoms with van der Waals surface area (Å²) in [5, 5.41) is 2.93. The summed E-state index contributed by atoms with van der Waals surface area (Å²) < 4.78 is 0. The molecular weight excluding hydrogens is 286 g/mol. The summed E-state index contributed by atoms with van der Waals surface area (Å²) in [7, 11) is 0. The normalized spacial score (nSPS) is 23.0. The third-order valence-corrected chi connectivity index (χ3v) is 5.15. The number of thiophene rings is 1. The van der Waals surface area contributed by atoms with Crippen molar-refractivity contribution in [3.8, 4) is 0 Å². The minimum Gasteiger partial charge on any atom is -0.383 e. The van der Waals surface area contributed by atoms with Crippen LogP contribution in [0.5, 0.6) is 0 Å². The molecule has 1 amide bonds. The van der Waals surface area contributed by atoms with Gasteiger partial charge >= 0.3 is 0 Å². The lowest BCUT2D eigenvalue weighted by molar-refractivity contribution is -0.130. The Morgan fingerprint density at radius 3 is 3.19 bits per heavy atom. The Hall–Kier alpha value is -1.73. The van der Waals surface area contributed by atoms with Gasteiger partial charge in [0.15, 0.2) is 0 Å². The van der Waals surface area contributed by atoms with Crippen LogP contribution in [0.1, 0.15) is 18.7 Å². The van der Waals surface area contributed by atoms with Crippen molar-refractivity contribution in [1.82, 2.24) is 19.8 Å². The zero-order chi connectivity index (χ0) is 14.4. The first-order chi connectivity index (χ1) is 10.2. The van der Waals surface area contributed by atoms with Gasteiger partial charge in [0.25, 0.3) is 0 Å². The van der Waals surface area contributed by atoms with E-state index in [1.54, 1.807) is 11.3 Å². The second-order valence-corrected chi connectivity index (χ2v) is 6.57. The van der Waals surface area contributed by atoms with Gasteiger partial charge in [0.1, 0.15) is 16.5 Å². The molecule has 2 aliphatic rings. The molecule has 21 heavy (non-hydrogen) atoms. The number of nitrogens with two attached hydrogens (primary N) is 1. The van der Waals surface area contributed by atoms with E-state index in [0.29, 0.717) is 30.7 Å². The Kier molecular flexibility index (Phi) is 3.04. The van der Waals surface area contributed by atoms with Crippen molar-refractivity contribution in [3.05, 3.63) is 17.3 Å². The summed E-state index contributed by atoms with van der Waals surface area (Å²) >= 11 is 1.59. The van der Waals surface area contributed by atoms with Gasteiger partial charge in [0.2, 0.25) is 5.91 Å². The highest BCUT2D eigenvalue weighted by molar-refractivity contribution is 7.16. The molecule has 1 atom stereocenters. The van der Waals surface area contributed by atoms with Crippen LogP contribution in [-0.2, 0) is 11.3 Å². The molecule has 0 aromatic carbocycles. The average molecular weight is 303 g/mol. The van der Waals surface area contributed by atoms with E-state index in [9.17, 15) is 4.79 Å². The van der Waals surface area contributed by atoms with E-state index in [-0.39, 0.29) is 0 Å². The fraction of sp³-hybridized carbons (Fsp3) is 0.500. The minimum atomic E-state index is 0.306. The maximum absolute atomic E-state index is 11.7. The number of hydrogen-bond acceptors (Lipinski definition) is 6. The van der Waals surface area contributed by atoms with Gasteiger partial charge in [0.05, 0.1) is 11.9 Å². The Labute approximate surface area is 126 Å². The molecule has 0 bridgehead atoms. The number of piperazine rings is 1. The number of nitrogens with zero attached hydrogens (tertiary/aromatic N) is 4. The molecule has 2 aliphatic heterocycles. The molecule has 110 valence electrons. The number of aromatic nitrogens is 2. The van der Waals surface area contributed by atoms with Crippen LogP contribution in [0.15, 0.2) is 11.4 Å². The Morgan fingerprint density at radius 1 is 1.38 bits per heavy atom. The third-order valence-electron chi connectivity index (χ3n) is 4.34. The van der Waals surface area contributed by atoms with Gasteiger partial charge in [-0.05, 0) is 17.9 Å². The molecule has 2 aromatic heterocycles. The summed E-state index contributed by atoms with van der Waals surface area (Å²) in [5.74, 6) is 1.64. The minimum absolute atomic E-state index is 0.306. The quantitative estimate of drug-likeness (QED) is 0.898. The van der Waals surface area contributed by atoms with E-state index < -0.39 is 0 Å². The Bertz CT molecular complexity index is 700. The van der Waals surface area contributed by atoms with Gasteiger partial charge < -0.3 is 10.6 Å². The predicted octanol–water partition coefficient (Wildman–Crippen LogP) is 1.08. The molecule has 7 heteroatoms. The van der Waals surface area contributed by atoms with Crippen LogP contribution in [-0.4, -0.2) is 51.4 Å². The summed E-state index contributed by atoms with van der Waals surface area (Å²) in [5.41, 5.74) is 5.99. The Morgan fingerprint density at radius 2 is 2.29 bits per heavy atom. The summed E-state index contributed by atoms with van der Waals surface area (Å²) in [6.07, 6.45) is 1.67. The van der Waals surface area contributed by atoms with Crippen molar-refractivity contribution in [2.45, 2.75) is 25.4 Å². The molecule has 2 aromatic rings. The highest BCUT2D eigenvalue weighted by atomic mass is 32.1. The lowest BCUT2D eigenvalue weighted by atomic mass is 10.1. The number of nitrogen functional groups attached to an aromatic ring is 1. The lowest BCUT2D eigenvalue weighted by Gasteiger charge is -2.37. The topological polar surface area (TPSA) is 75.3 Å². The number of hydrogen-bond donors (Lipinski definition) is 1. The maximum atomic E-state index is 11.7. The van der Waals surface area contributed by atoms with E-state index in [1.807, 2.05) is 16.3 Å². The summed E-state index contributed by atoms with van der Waals surface area (Å²) in [4.78, 5) is 26.0. The molecule has 0 aliphatic carbocycles. The van der Waals surface area contributed by atoms with Gasteiger partial charge in [0, 0.05) is 32.1 Å². The van der Waals surface area contributed by atoms with Crippen LogP contribution in [0.25, 0.3) is 10.2 Å². The van der Waals surface area contributed by atoms with Gasteiger partial charge in [-0.1, -0.05) is 0 Å². The van der Waals surface area contributed by atoms with Gasteiger partial charge in [-0.2, -0.15) is 0 Å². The van der Waals surface area contributed by atoms with Crippen molar-refractivity contribution in [2.24, 2.45) is 0 Å². The second kappa shape index (κ2) is 4.92. The van der Waals surface area contributed by atoms with Gasteiger partial charge in [-0.15, -0.1) is 11.3 Å². The molecule has 0 spiro atoms. The van der Waals surface area contributed by atoms with Crippen LogP contribution in [0.4, 0.5) is 5.82 Å². The molecule has 6 nitrogen and oxygen atoms in total. The first-order valence-corrected chi connectivity index (χ1v) is 8.10. The predicted molar refractivity (Wildman–Crippen MR) is 81.8 cm³/mol. The fourth-order valence-electron chi connectivity index (χ4n) is 3.27. The fourth-order valence-corrected chi connectivity index (χ4v) is 4.06. The average Bonchev–Trinajstić information content (AvgIpc) is 3.06. The maximum Gasteiger partial charge on any atom is 0.222 e. The van der Waals surface area contributed by atoms with Crippen molar-refractivity contribution in [3.63, 3.8) is 0 Å². The highest BCUT2D eigenvalue weighted by Crippen LogP contribution is 2.25. The van der Waals surface area contributed by atoms with Gasteiger partial charge in [-0.25, -0.2) is 9.97 Å². The standard InChI is InChI=1S/C14H17N5OS/c15-13-10-3-6-21-14(10)17-11(16-13)8-18-4-5-19-9(7-18)1-2-12(19)20/h3,6,9H,1-2,4-5,7-8H2,(H2,15,16,17). The molecule has 2 saturated heterocycles. The number of anilines is 1. The summed E-state index contributed by atoms with van der Waals surface area (Å²) in [6.45, 7) is 3.32. The van der Waals surface area contributed by atoms with E-state index >= 15 is 0 Å². The zero-order valence-corrected chi connectivity index (χ0v) is 12.5. The number of rotatable bonds is 2. The van der Waals surface area contributed by atoms with Crippen LogP contribution in [0, 0.1) is 0 Å². The second-order valence-electron chi connectivity index (χ2n) is 5.68. The first-order valence-electron chi connectivity index (χ1n) is 7.22. The van der Waals surface area contributed by atoms with Crippen LogP contribution in [0.2, 0.25) is 0 Å². The molecule has 0 radical (unpaired) electrons. The molecular formula is C14H17N5OS. The summed E-state index contributed by atoms with van der Waals surface area (Å²) in [6, 6.07) is 2.33. The Balaban J connectivity index is 1.51. The first kappa shape index (κ1) is 13.0. The monoisotopic (exact) mass is 303 g/mol. The van der Waals surface area contributed by atoms with Crippen LogP contribution >= 0.6 is 11.3 Å². The van der Waals surface area contributed by atoms with Crippen molar-refractivity contribution >= 4 is 33.3 Å². The molecule has 4 rings (SSSR count). The smallest absolute Gasteiger partial charge is 0.222 e. The zero-order valence-electron chi connectivity index (χ0n) is 11.7. The van der Waals surface area contributed by atoms with E-state index in [0.717, 1.165) is 42.1 Å². The molecule has 4 heterocycles. The van der Waals surface area contributed by atoms with E-state index in [4.69, 9.17) is 5.73 Å². The lowest BCUT2D eigenvalue weighted by Crippen LogP contribution is -2.51. The van der Waals surface area contributed by atoms with Crippen LogP contribution in [0.3, 0.4) is 0 Å². The number of carbonyl (C=O) groups excluding carboxylic acids is 1. The van der Waals surface area contributed by atoms with Gasteiger partial charge in [-0.3, -0.25) is 9.69 Å². The number of carbonyl (C=O) groups is 1. The number of fused-ring (bicyclic) bond motifs is 2. The molecule has 0 saturated carbocycles. The molecule has 1 unspecified atom stereocenters. The number of amides is 1. The molecule has 2 fully saturated rings. The third kappa shape index (κ3) is 2.26. The van der Waals surface area contributed by atoms with Crippen molar-refractivity contribution in [2.75, 3.05) is 25.4 Å². The van der Waals surface area contributed by atoms with E-state index in [1.165, 1.54) is 0 Å². The molecule has 2 N–H and O–H groups in total. The van der Waals surface area contributed by atoms with Crippen molar-refractivity contribution in [1.29, 1.82) is 0 Å². The largest absolute Gasteiger partial charge is 0.383 e. The van der Waals surface area contributed by atoms with Crippen LogP contribution < -0.4 is 5.73 Å². The highest BCUT2D eigenvalue weighted by Gasteiger charge is 2.35.